The normalized spacial score (nSPS) is 11.5. The van der Waals surface area contributed by atoms with Crippen LogP contribution in [0.1, 0.15) is 24.1 Å². The van der Waals surface area contributed by atoms with Gasteiger partial charge < -0.3 is 9.15 Å². The average molecular weight is 314 g/mol. The van der Waals surface area contributed by atoms with Gasteiger partial charge in [0, 0.05) is 6.20 Å². The van der Waals surface area contributed by atoms with Crippen molar-refractivity contribution in [3.8, 4) is 11.5 Å². The first-order valence-electron chi connectivity index (χ1n) is 6.46. The Morgan fingerprint density at radius 2 is 2.09 bits per heavy atom. The lowest BCUT2D eigenvalue weighted by Gasteiger charge is -2.04. The molecule has 2 aromatic heterocycles. The van der Waals surface area contributed by atoms with E-state index in [0.717, 1.165) is 12.3 Å². The molecule has 0 unspecified atom stereocenters. The third kappa shape index (κ3) is 3.63. The maximum Gasteiger partial charge on any atom is 0.433 e. The van der Waals surface area contributed by atoms with Crippen LogP contribution in [0.2, 0.25) is 0 Å². The summed E-state index contributed by atoms with van der Waals surface area (Å²) in [6.45, 7) is 3.56. The van der Waals surface area contributed by atoms with Crippen molar-refractivity contribution in [2.45, 2.75) is 26.4 Å². The van der Waals surface area contributed by atoms with Crippen LogP contribution in [0.25, 0.3) is 11.5 Å². The van der Waals surface area contributed by atoms with Crippen molar-refractivity contribution < 1.29 is 27.1 Å². The zero-order valence-electron chi connectivity index (χ0n) is 11.9. The predicted molar refractivity (Wildman–Crippen MR) is 69.8 cm³/mol. The highest BCUT2D eigenvalue weighted by Crippen LogP contribution is 2.29. The average Bonchev–Trinajstić information content (AvgIpc) is 2.79. The molecular weight excluding hydrogens is 301 g/mol. The maximum atomic E-state index is 12.5. The number of nitrogens with zero attached hydrogens (tertiary/aromatic N) is 2. The Morgan fingerprint density at radius 1 is 1.36 bits per heavy atom. The van der Waals surface area contributed by atoms with Gasteiger partial charge in [0.2, 0.25) is 5.89 Å². The first kappa shape index (κ1) is 16.0. The monoisotopic (exact) mass is 314 g/mol. The summed E-state index contributed by atoms with van der Waals surface area (Å²) in [7, 11) is 0. The Hall–Kier alpha value is -2.38. The Bertz CT molecular complexity index is 663. The number of ether oxygens (including phenoxy) is 1. The van der Waals surface area contributed by atoms with Crippen molar-refractivity contribution in [1.82, 2.24) is 9.97 Å². The van der Waals surface area contributed by atoms with Crippen LogP contribution in [0.3, 0.4) is 0 Å². The van der Waals surface area contributed by atoms with E-state index in [-0.39, 0.29) is 18.9 Å². The number of esters is 1. The SMILES string of the molecule is CCOC(=O)Cc1nc(-c2ccc(C(F)(F)F)nc2)oc1C. The Labute approximate surface area is 124 Å². The van der Waals surface area contributed by atoms with Gasteiger partial charge in [-0.3, -0.25) is 9.78 Å². The third-order valence-electron chi connectivity index (χ3n) is 2.81. The minimum absolute atomic E-state index is 0.0583. The molecule has 2 rings (SSSR count). The minimum Gasteiger partial charge on any atom is -0.466 e. The number of pyridine rings is 1. The third-order valence-corrected chi connectivity index (χ3v) is 2.81. The van der Waals surface area contributed by atoms with E-state index in [2.05, 4.69) is 9.97 Å². The second kappa shape index (κ2) is 6.17. The molecule has 8 heteroatoms. The summed E-state index contributed by atoms with van der Waals surface area (Å²) in [5.41, 5.74) is -0.314. The van der Waals surface area contributed by atoms with Crippen LogP contribution in [0, 0.1) is 6.92 Å². The van der Waals surface area contributed by atoms with Crippen LogP contribution in [0.5, 0.6) is 0 Å². The molecule has 0 spiro atoms. The van der Waals surface area contributed by atoms with E-state index in [0.29, 0.717) is 17.0 Å². The van der Waals surface area contributed by atoms with Gasteiger partial charge in [0.05, 0.1) is 24.3 Å². The van der Waals surface area contributed by atoms with Crippen molar-refractivity contribution in [3.05, 3.63) is 35.5 Å². The molecule has 0 N–H and O–H groups in total. The van der Waals surface area contributed by atoms with Crippen LogP contribution in [-0.4, -0.2) is 22.5 Å². The Balaban J connectivity index is 2.21. The number of hydrogen-bond acceptors (Lipinski definition) is 5. The standard InChI is InChI=1S/C14H13F3N2O3/c1-3-21-12(20)6-10-8(2)22-13(19-10)9-4-5-11(18-7-9)14(15,16)17/h4-5,7H,3,6H2,1-2H3. The quantitative estimate of drug-likeness (QED) is 0.811. The first-order valence-corrected chi connectivity index (χ1v) is 6.46. The number of halogens is 3. The van der Waals surface area contributed by atoms with E-state index >= 15 is 0 Å². The molecule has 2 aromatic rings. The fraction of sp³-hybridized carbons (Fsp3) is 0.357. The van der Waals surface area contributed by atoms with Gasteiger partial charge in [0.25, 0.3) is 0 Å². The number of oxazole rings is 1. The fourth-order valence-corrected chi connectivity index (χ4v) is 1.75. The molecule has 5 nitrogen and oxygen atoms in total. The van der Waals surface area contributed by atoms with Gasteiger partial charge in [-0.05, 0) is 26.0 Å². The molecular formula is C14H13F3N2O3. The predicted octanol–water partition coefficient (Wildman–Crippen LogP) is 3.17. The molecule has 0 saturated carbocycles. The molecule has 0 aliphatic rings. The topological polar surface area (TPSA) is 65.2 Å². The summed E-state index contributed by atoms with van der Waals surface area (Å²) in [6, 6.07) is 2.06. The molecule has 0 fully saturated rings. The zero-order chi connectivity index (χ0) is 16.3. The molecule has 0 aromatic carbocycles. The van der Waals surface area contributed by atoms with E-state index in [9.17, 15) is 18.0 Å². The van der Waals surface area contributed by atoms with Gasteiger partial charge >= 0.3 is 12.1 Å². The summed E-state index contributed by atoms with van der Waals surface area (Å²) in [4.78, 5) is 18.9. The number of carbonyl (C=O) groups is 1. The van der Waals surface area contributed by atoms with Crippen molar-refractivity contribution in [1.29, 1.82) is 0 Å². The zero-order valence-corrected chi connectivity index (χ0v) is 11.9. The summed E-state index contributed by atoms with van der Waals surface area (Å²) < 4.78 is 47.5. The second-order valence-electron chi connectivity index (χ2n) is 4.43. The molecule has 0 aliphatic heterocycles. The number of aryl methyl sites for hydroxylation is 1. The fourth-order valence-electron chi connectivity index (χ4n) is 1.75. The summed E-state index contributed by atoms with van der Waals surface area (Å²) in [5.74, 6) is 0.0666. The van der Waals surface area contributed by atoms with Crippen molar-refractivity contribution >= 4 is 5.97 Å². The van der Waals surface area contributed by atoms with Crippen LogP contribution >= 0.6 is 0 Å². The van der Waals surface area contributed by atoms with E-state index in [4.69, 9.17) is 9.15 Å². The number of hydrogen-bond donors (Lipinski definition) is 0. The largest absolute Gasteiger partial charge is 0.466 e. The second-order valence-corrected chi connectivity index (χ2v) is 4.43. The van der Waals surface area contributed by atoms with Gasteiger partial charge in [-0.2, -0.15) is 13.2 Å². The molecule has 0 atom stereocenters. The lowest BCUT2D eigenvalue weighted by molar-refractivity contribution is -0.142. The smallest absolute Gasteiger partial charge is 0.433 e. The molecule has 0 bridgehead atoms. The van der Waals surface area contributed by atoms with Gasteiger partial charge in [-0.25, -0.2) is 4.98 Å². The van der Waals surface area contributed by atoms with Crippen LogP contribution in [0.4, 0.5) is 13.2 Å². The molecule has 0 radical (unpaired) electrons. The number of rotatable bonds is 4. The van der Waals surface area contributed by atoms with Crippen LogP contribution in [0.15, 0.2) is 22.7 Å². The van der Waals surface area contributed by atoms with Gasteiger partial charge in [0.15, 0.2) is 0 Å². The minimum atomic E-state index is -4.50. The lowest BCUT2D eigenvalue weighted by Crippen LogP contribution is -2.08. The van der Waals surface area contributed by atoms with Crippen molar-refractivity contribution in [3.63, 3.8) is 0 Å². The summed E-state index contributed by atoms with van der Waals surface area (Å²) in [6.07, 6.45) is -3.53. The van der Waals surface area contributed by atoms with Gasteiger partial charge in [-0.15, -0.1) is 0 Å². The molecule has 0 aliphatic carbocycles. The van der Waals surface area contributed by atoms with Crippen LogP contribution < -0.4 is 0 Å². The number of carbonyl (C=O) groups excluding carboxylic acids is 1. The molecule has 0 amide bonds. The lowest BCUT2D eigenvalue weighted by atomic mass is 10.2. The number of alkyl halides is 3. The molecule has 2 heterocycles. The van der Waals surface area contributed by atoms with Gasteiger partial charge in [0.1, 0.15) is 11.5 Å². The van der Waals surface area contributed by atoms with E-state index < -0.39 is 17.8 Å². The maximum absolute atomic E-state index is 12.5. The Morgan fingerprint density at radius 3 is 2.64 bits per heavy atom. The van der Waals surface area contributed by atoms with E-state index in [1.807, 2.05) is 0 Å². The molecule has 118 valence electrons. The molecule has 22 heavy (non-hydrogen) atoms. The highest BCUT2D eigenvalue weighted by molar-refractivity contribution is 5.72. The molecule has 0 saturated heterocycles. The highest BCUT2D eigenvalue weighted by Gasteiger charge is 2.32. The summed E-state index contributed by atoms with van der Waals surface area (Å²) in [5, 5.41) is 0. The van der Waals surface area contributed by atoms with Gasteiger partial charge in [-0.1, -0.05) is 0 Å². The van der Waals surface area contributed by atoms with Crippen molar-refractivity contribution in [2.24, 2.45) is 0 Å². The van der Waals surface area contributed by atoms with E-state index in [1.165, 1.54) is 6.07 Å². The first-order chi connectivity index (χ1) is 10.3. The Kier molecular flexibility index (Phi) is 4.48. The number of aromatic nitrogens is 2. The highest BCUT2D eigenvalue weighted by atomic mass is 19.4. The summed E-state index contributed by atoms with van der Waals surface area (Å²) >= 11 is 0. The van der Waals surface area contributed by atoms with Crippen molar-refractivity contribution in [2.75, 3.05) is 6.61 Å². The van der Waals surface area contributed by atoms with Crippen LogP contribution in [-0.2, 0) is 22.1 Å². The van der Waals surface area contributed by atoms with E-state index in [1.54, 1.807) is 13.8 Å².